The van der Waals surface area contributed by atoms with Crippen LogP contribution in [0.4, 0.5) is 9.59 Å². The number of amides is 2. The van der Waals surface area contributed by atoms with Crippen molar-refractivity contribution in [3.63, 3.8) is 0 Å². The van der Waals surface area contributed by atoms with Gasteiger partial charge in [-0.3, -0.25) is 4.79 Å². The van der Waals surface area contributed by atoms with E-state index in [2.05, 4.69) is 0 Å². The number of methoxy groups -OCH3 is 4. The molecule has 0 bridgehead atoms. The van der Waals surface area contributed by atoms with Crippen molar-refractivity contribution in [1.82, 2.24) is 9.80 Å². The molecule has 0 saturated heterocycles. The van der Waals surface area contributed by atoms with Crippen LogP contribution in [-0.4, -0.2) is 93.1 Å². The quantitative estimate of drug-likeness (QED) is 0.150. The lowest BCUT2D eigenvalue weighted by Crippen LogP contribution is -2.44. The number of benzene rings is 2. The highest BCUT2D eigenvalue weighted by atomic mass is 16.6. The average Bonchev–Trinajstić information content (AvgIpc) is 3.05. The van der Waals surface area contributed by atoms with Gasteiger partial charge in [0.15, 0.2) is 23.0 Å². The SMILES string of the molecule is COc1cc2c(cc1OC)[C@@H](CC(=O)OC(C)C)N(C(=O)OC(C)(C)C)CC2.COc1cc2c(cc1OC)[C@@H](CC=O)N(C(=O)OC(C)(C)C)CC2. The second kappa shape index (κ2) is 17.7. The van der Waals surface area contributed by atoms with E-state index in [-0.39, 0.29) is 31.0 Å². The number of nitrogens with zero attached hydrogens (tertiary/aromatic N) is 2. The summed E-state index contributed by atoms with van der Waals surface area (Å²) in [5.41, 5.74) is 2.60. The highest BCUT2D eigenvalue weighted by Crippen LogP contribution is 2.41. The third-order valence-electron chi connectivity index (χ3n) is 8.31. The average molecular weight is 729 g/mol. The molecular formula is C39H56N2O11. The fourth-order valence-electron chi connectivity index (χ4n) is 6.17. The van der Waals surface area contributed by atoms with Gasteiger partial charge < -0.3 is 47.8 Å². The molecule has 13 nitrogen and oxygen atoms in total. The fraction of sp³-hybridized carbons (Fsp3) is 0.590. The summed E-state index contributed by atoms with van der Waals surface area (Å²) in [6.07, 6.45) is 1.30. The first kappa shape index (κ1) is 41.7. The van der Waals surface area contributed by atoms with Gasteiger partial charge in [-0.25, -0.2) is 9.59 Å². The summed E-state index contributed by atoms with van der Waals surface area (Å²) in [5.74, 6) is 2.03. The zero-order chi connectivity index (χ0) is 39.0. The molecule has 0 fully saturated rings. The van der Waals surface area contributed by atoms with Crippen LogP contribution in [0.25, 0.3) is 0 Å². The van der Waals surface area contributed by atoms with Crippen LogP contribution in [0.5, 0.6) is 23.0 Å². The number of aldehydes is 1. The monoisotopic (exact) mass is 728 g/mol. The van der Waals surface area contributed by atoms with Crippen molar-refractivity contribution in [2.24, 2.45) is 0 Å². The van der Waals surface area contributed by atoms with Gasteiger partial charge in [-0.2, -0.15) is 0 Å². The summed E-state index contributed by atoms with van der Waals surface area (Å²) in [6.45, 7) is 15.5. The van der Waals surface area contributed by atoms with Crippen LogP contribution in [0, 0.1) is 0 Å². The molecule has 0 aromatic heterocycles. The lowest BCUT2D eigenvalue weighted by molar-refractivity contribution is -0.148. The lowest BCUT2D eigenvalue weighted by atomic mass is 9.90. The normalized spacial score (nSPS) is 16.7. The van der Waals surface area contributed by atoms with E-state index >= 15 is 0 Å². The Morgan fingerprint density at radius 3 is 1.44 bits per heavy atom. The number of carbonyl (C=O) groups excluding carboxylic acids is 4. The van der Waals surface area contributed by atoms with E-state index in [1.165, 1.54) is 0 Å². The van der Waals surface area contributed by atoms with Gasteiger partial charge >= 0.3 is 18.2 Å². The highest BCUT2D eigenvalue weighted by Gasteiger charge is 2.37. The van der Waals surface area contributed by atoms with Gasteiger partial charge in [0.2, 0.25) is 0 Å². The predicted molar refractivity (Wildman–Crippen MR) is 194 cm³/mol. The van der Waals surface area contributed by atoms with Gasteiger partial charge in [0.1, 0.15) is 17.5 Å². The second-order valence-electron chi connectivity index (χ2n) is 14.8. The molecule has 13 heteroatoms. The summed E-state index contributed by atoms with van der Waals surface area (Å²) in [4.78, 5) is 52.1. The zero-order valence-electron chi connectivity index (χ0n) is 32.7. The van der Waals surface area contributed by atoms with Crippen molar-refractivity contribution in [1.29, 1.82) is 0 Å². The van der Waals surface area contributed by atoms with Crippen molar-refractivity contribution >= 4 is 24.4 Å². The van der Waals surface area contributed by atoms with Crippen LogP contribution in [0.1, 0.15) is 103 Å². The summed E-state index contributed by atoms with van der Waals surface area (Å²) >= 11 is 0. The Morgan fingerprint density at radius 2 is 1.08 bits per heavy atom. The summed E-state index contributed by atoms with van der Waals surface area (Å²) < 4.78 is 37.9. The number of fused-ring (bicyclic) bond motifs is 2. The Labute approximate surface area is 307 Å². The molecule has 2 aliphatic rings. The Kier molecular flexibility index (Phi) is 14.2. The minimum absolute atomic E-state index is 0.0416. The first-order valence-corrected chi connectivity index (χ1v) is 17.5. The molecule has 0 N–H and O–H groups in total. The first-order valence-electron chi connectivity index (χ1n) is 17.5. The van der Waals surface area contributed by atoms with Gasteiger partial charge in [-0.05, 0) is 115 Å². The zero-order valence-corrected chi connectivity index (χ0v) is 32.7. The van der Waals surface area contributed by atoms with E-state index in [1.54, 1.807) is 52.1 Å². The molecule has 0 spiro atoms. The van der Waals surface area contributed by atoms with Gasteiger partial charge in [-0.1, -0.05) is 0 Å². The van der Waals surface area contributed by atoms with Crippen molar-refractivity contribution < 1.29 is 52.3 Å². The smallest absolute Gasteiger partial charge is 0.410 e. The van der Waals surface area contributed by atoms with Crippen LogP contribution in [0.3, 0.4) is 0 Å². The minimum Gasteiger partial charge on any atom is -0.493 e. The van der Waals surface area contributed by atoms with Crippen molar-refractivity contribution in [2.45, 2.75) is 110 Å². The molecule has 0 saturated carbocycles. The number of hydrogen-bond donors (Lipinski definition) is 0. The van der Waals surface area contributed by atoms with Crippen molar-refractivity contribution in [3.05, 3.63) is 46.5 Å². The third kappa shape index (κ3) is 10.9. The van der Waals surface area contributed by atoms with Crippen LogP contribution in [0.15, 0.2) is 24.3 Å². The third-order valence-corrected chi connectivity index (χ3v) is 8.31. The summed E-state index contributed by atoms with van der Waals surface area (Å²) in [6, 6.07) is 6.64. The molecule has 0 unspecified atom stereocenters. The number of rotatable bonds is 9. The van der Waals surface area contributed by atoms with E-state index in [4.69, 9.17) is 33.2 Å². The molecule has 2 heterocycles. The molecule has 4 rings (SSSR count). The fourth-order valence-corrected chi connectivity index (χ4v) is 6.17. The van der Waals surface area contributed by atoms with Crippen molar-refractivity contribution in [3.8, 4) is 23.0 Å². The maximum atomic E-state index is 12.8. The molecule has 2 aliphatic heterocycles. The maximum Gasteiger partial charge on any atom is 0.410 e. The molecule has 0 aliphatic carbocycles. The minimum atomic E-state index is -0.627. The van der Waals surface area contributed by atoms with Crippen LogP contribution in [-0.2, 0) is 36.6 Å². The Morgan fingerprint density at radius 1 is 0.692 bits per heavy atom. The van der Waals surface area contributed by atoms with E-state index < -0.39 is 29.4 Å². The molecule has 2 aromatic carbocycles. The standard InChI is InChI=1S/C21H31NO6.C18H25NO5/c1-13(2)27-19(23)12-16-15-11-18(26-7)17(25-6)10-14(15)8-9-22(16)20(24)28-21(3,4)5;1-18(2,3)24-17(21)19-8-6-12-10-15(22-4)16(23-5)11-13(12)14(19)7-9-20/h10-11,13,16H,8-9,12H2,1-7H3;9-11,14H,6-8H2,1-5H3/t16-;14-/m11/s1. The Hall–Kier alpha value is -4.68. The maximum absolute atomic E-state index is 12.8. The van der Waals surface area contributed by atoms with Gasteiger partial charge in [0.25, 0.3) is 0 Å². The highest BCUT2D eigenvalue weighted by molar-refractivity contribution is 5.75. The molecular weight excluding hydrogens is 672 g/mol. The number of hydrogen-bond acceptors (Lipinski definition) is 11. The van der Waals surface area contributed by atoms with Crippen molar-refractivity contribution in [2.75, 3.05) is 41.5 Å². The molecule has 2 atom stereocenters. The van der Waals surface area contributed by atoms with E-state index in [9.17, 15) is 19.2 Å². The van der Waals surface area contributed by atoms with Gasteiger partial charge in [0.05, 0.1) is 53.0 Å². The number of ether oxygens (including phenoxy) is 7. The molecule has 0 radical (unpaired) electrons. The van der Waals surface area contributed by atoms with Gasteiger partial charge in [0, 0.05) is 19.5 Å². The largest absolute Gasteiger partial charge is 0.493 e. The van der Waals surface area contributed by atoms with Crippen LogP contribution >= 0.6 is 0 Å². The second-order valence-corrected chi connectivity index (χ2v) is 14.8. The first-order chi connectivity index (χ1) is 24.4. The van der Waals surface area contributed by atoms with E-state index in [0.717, 1.165) is 28.5 Å². The van der Waals surface area contributed by atoms with Crippen LogP contribution < -0.4 is 18.9 Å². The van der Waals surface area contributed by atoms with E-state index in [0.29, 0.717) is 48.9 Å². The Balaban J connectivity index is 0.000000284. The topological polar surface area (TPSA) is 139 Å². The number of carbonyl (C=O) groups is 4. The molecule has 2 amide bonds. The summed E-state index contributed by atoms with van der Waals surface area (Å²) in [5, 5.41) is 0. The molecule has 52 heavy (non-hydrogen) atoms. The Bertz CT molecular complexity index is 1580. The van der Waals surface area contributed by atoms with E-state index in [1.807, 2.05) is 65.8 Å². The summed E-state index contributed by atoms with van der Waals surface area (Å²) in [7, 11) is 6.29. The lowest BCUT2D eigenvalue weighted by Gasteiger charge is -2.38. The molecule has 2 aromatic rings. The van der Waals surface area contributed by atoms with Crippen LogP contribution in [0.2, 0.25) is 0 Å². The number of esters is 1. The predicted octanol–water partition coefficient (Wildman–Crippen LogP) is 7.01. The molecule has 288 valence electrons. The van der Waals surface area contributed by atoms with Gasteiger partial charge in [-0.15, -0.1) is 0 Å².